The first kappa shape index (κ1) is 22.9. The number of thiophene rings is 1. The predicted octanol–water partition coefficient (Wildman–Crippen LogP) is 5.43. The van der Waals surface area contributed by atoms with E-state index in [0.717, 1.165) is 36.1 Å². The van der Waals surface area contributed by atoms with Crippen molar-refractivity contribution in [2.24, 2.45) is 0 Å². The molecule has 6 nitrogen and oxygen atoms in total. The molecule has 1 unspecified atom stereocenters. The number of carbonyl (C=O) groups is 2. The second-order valence-corrected chi connectivity index (χ2v) is 9.23. The van der Waals surface area contributed by atoms with Crippen LogP contribution >= 0.6 is 27.3 Å². The molecule has 0 aromatic carbocycles. The Hall–Kier alpha value is -1.81. The Balaban J connectivity index is 1.84. The maximum absolute atomic E-state index is 13.1. The van der Waals surface area contributed by atoms with Gasteiger partial charge in [0.2, 0.25) is 5.91 Å². The number of fused-ring (bicyclic) bond motifs is 1. The fourth-order valence-corrected chi connectivity index (χ4v) is 5.09. The summed E-state index contributed by atoms with van der Waals surface area (Å²) in [4.78, 5) is 26.6. The lowest BCUT2D eigenvalue weighted by molar-refractivity contribution is -0.116. The number of nitrogens with zero attached hydrogens (tertiary/aromatic N) is 2. The molecule has 0 fully saturated rings. The number of amides is 1. The maximum Gasteiger partial charge on any atom is 0.341 e. The second-order valence-electron chi connectivity index (χ2n) is 7.33. The van der Waals surface area contributed by atoms with Crippen LogP contribution in [0.2, 0.25) is 0 Å². The molecule has 2 aromatic heterocycles. The zero-order valence-electron chi connectivity index (χ0n) is 17.1. The third kappa shape index (κ3) is 4.74. The van der Waals surface area contributed by atoms with Gasteiger partial charge in [-0.3, -0.25) is 9.48 Å². The van der Waals surface area contributed by atoms with Crippen LogP contribution in [0.25, 0.3) is 0 Å². The monoisotopic (exact) mass is 503 g/mol. The number of anilines is 1. The van der Waals surface area contributed by atoms with Crippen molar-refractivity contribution < 1.29 is 23.1 Å². The molecule has 1 aliphatic rings. The Bertz CT molecular complexity index is 958. The van der Waals surface area contributed by atoms with Gasteiger partial charge in [-0.1, -0.05) is 6.92 Å². The molecule has 2 heterocycles. The average Bonchev–Trinajstić information content (AvgIpc) is 3.19. The lowest BCUT2D eigenvalue weighted by Crippen LogP contribution is -2.22. The van der Waals surface area contributed by atoms with Crippen molar-refractivity contribution in [3.8, 4) is 0 Å². The first-order valence-electron chi connectivity index (χ1n) is 9.89. The number of carbonyl (C=O) groups excluding carboxylic acids is 2. The molecule has 1 N–H and O–H groups in total. The molecule has 2 aromatic rings. The first-order valence-corrected chi connectivity index (χ1v) is 11.5. The second kappa shape index (κ2) is 9.55. The van der Waals surface area contributed by atoms with E-state index in [1.54, 1.807) is 6.92 Å². The fraction of sp³-hybridized carbons (Fsp3) is 0.550. The molecule has 0 bridgehead atoms. The van der Waals surface area contributed by atoms with Crippen LogP contribution in [-0.4, -0.2) is 27.8 Å². The van der Waals surface area contributed by atoms with E-state index in [-0.39, 0.29) is 17.1 Å². The number of aromatic nitrogens is 2. The number of alkyl halides is 2. The number of hydrogen-bond donors (Lipinski definition) is 1. The molecule has 1 atom stereocenters. The SMILES string of the molecule is CCC(C)OC(=O)c1c(NC(=O)Cn2nc(C(F)F)c(Br)c2C)sc2c1CCCC2. The molecule has 1 amide bonds. The van der Waals surface area contributed by atoms with Crippen molar-refractivity contribution in [1.82, 2.24) is 9.78 Å². The summed E-state index contributed by atoms with van der Waals surface area (Å²) >= 11 is 4.49. The summed E-state index contributed by atoms with van der Waals surface area (Å²) in [6.45, 7) is 5.13. The highest BCUT2D eigenvalue weighted by Gasteiger charge is 2.28. The van der Waals surface area contributed by atoms with Crippen molar-refractivity contribution in [2.45, 2.75) is 71.9 Å². The molecule has 0 aliphatic heterocycles. The van der Waals surface area contributed by atoms with E-state index in [1.165, 1.54) is 16.0 Å². The first-order chi connectivity index (χ1) is 14.2. The van der Waals surface area contributed by atoms with Gasteiger partial charge in [0.25, 0.3) is 6.43 Å². The Labute approximate surface area is 186 Å². The number of ether oxygens (including phenoxy) is 1. The molecule has 0 saturated heterocycles. The van der Waals surface area contributed by atoms with Crippen molar-refractivity contribution in [1.29, 1.82) is 0 Å². The van der Waals surface area contributed by atoms with Gasteiger partial charge in [0.15, 0.2) is 0 Å². The number of aryl methyl sites for hydroxylation is 1. The van der Waals surface area contributed by atoms with Gasteiger partial charge >= 0.3 is 5.97 Å². The van der Waals surface area contributed by atoms with Gasteiger partial charge in [-0.05, 0) is 67.4 Å². The lowest BCUT2D eigenvalue weighted by Gasteiger charge is -2.15. The van der Waals surface area contributed by atoms with E-state index in [2.05, 4.69) is 26.3 Å². The molecule has 0 saturated carbocycles. The molecule has 30 heavy (non-hydrogen) atoms. The van der Waals surface area contributed by atoms with Crippen molar-refractivity contribution >= 4 is 44.1 Å². The highest BCUT2D eigenvalue weighted by molar-refractivity contribution is 9.10. The van der Waals surface area contributed by atoms with Gasteiger partial charge < -0.3 is 10.1 Å². The van der Waals surface area contributed by atoms with E-state index in [1.807, 2.05) is 13.8 Å². The Morgan fingerprint density at radius 3 is 2.67 bits per heavy atom. The summed E-state index contributed by atoms with van der Waals surface area (Å²) in [6.07, 6.45) is 1.39. The topological polar surface area (TPSA) is 73.2 Å². The molecular weight excluding hydrogens is 480 g/mol. The minimum Gasteiger partial charge on any atom is -0.459 e. The zero-order valence-corrected chi connectivity index (χ0v) is 19.5. The summed E-state index contributed by atoms with van der Waals surface area (Å²) in [6, 6.07) is 0. The number of esters is 1. The molecule has 164 valence electrons. The van der Waals surface area contributed by atoms with Gasteiger partial charge in [-0.25, -0.2) is 13.6 Å². The van der Waals surface area contributed by atoms with Gasteiger partial charge in [0, 0.05) is 4.88 Å². The summed E-state index contributed by atoms with van der Waals surface area (Å²) in [7, 11) is 0. The molecule has 0 radical (unpaired) electrons. The number of hydrogen-bond acceptors (Lipinski definition) is 5. The van der Waals surface area contributed by atoms with Gasteiger partial charge in [0.1, 0.15) is 17.2 Å². The van der Waals surface area contributed by atoms with Gasteiger partial charge in [-0.2, -0.15) is 5.10 Å². The highest BCUT2D eigenvalue weighted by Crippen LogP contribution is 2.39. The summed E-state index contributed by atoms with van der Waals surface area (Å²) < 4.78 is 33.1. The Morgan fingerprint density at radius 1 is 1.33 bits per heavy atom. The van der Waals surface area contributed by atoms with Crippen LogP contribution in [0.1, 0.15) is 71.7 Å². The summed E-state index contributed by atoms with van der Waals surface area (Å²) in [5.41, 5.74) is 1.41. The van der Waals surface area contributed by atoms with Crippen LogP contribution in [0, 0.1) is 6.92 Å². The van der Waals surface area contributed by atoms with E-state index in [9.17, 15) is 18.4 Å². The molecule has 0 spiro atoms. The number of nitrogens with one attached hydrogen (secondary N) is 1. The smallest absolute Gasteiger partial charge is 0.341 e. The predicted molar refractivity (Wildman–Crippen MR) is 114 cm³/mol. The third-order valence-electron chi connectivity index (χ3n) is 5.17. The van der Waals surface area contributed by atoms with Crippen molar-refractivity contribution in [3.63, 3.8) is 0 Å². The third-order valence-corrected chi connectivity index (χ3v) is 7.36. The maximum atomic E-state index is 13.1. The summed E-state index contributed by atoms with van der Waals surface area (Å²) in [5, 5.41) is 7.08. The average molecular weight is 504 g/mol. The fourth-order valence-electron chi connectivity index (χ4n) is 3.34. The standard InChI is InChI=1S/C20H24BrF2N3O3S/c1-4-10(2)29-20(28)15-12-7-5-6-8-13(12)30-19(15)24-14(27)9-26-11(3)16(21)17(25-26)18(22)23/h10,18H,4-9H2,1-3H3,(H,24,27). The molecule has 10 heteroatoms. The Kier molecular flexibility index (Phi) is 7.28. The van der Waals surface area contributed by atoms with Gasteiger partial charge in [-0.15, -0.1) is 11.3 Å². The quantitative estimate of drug-likeness (QED) is 0.511. The van der Waals surface area contributed by atoms with E-state index >= 15 is 0 Å². The molecule has 3 rings (SSSR count). The Morgan fingerprint density at radius 2 is 2.03 bits per heavy atom. The van der Waals surface area contributed by atoms with E-state index in [0.29, 0.717) is 22.7 Å². The van der Waals surface area contributed by atoms with Crippen molar-refractivity contribution in [2.75, 3.05) is 5.32 Å². The van der Waals surface area contributed by atoms with Crippen LogP contribution < -0.4 is 5.32 Å². The van der Waals surface area contributed by atoms with Crippen LogP contribution in [0.3, 0.4) is 0 Å². The van der Waals surface area contributed by atoms with Crippen LogP contribution in [0.15, 0.2) is 4.47 Å². The van der Waals surface area contributed by atoms with Crippen molar-refractivity contribution in [3.05, 3.63) is 31.9 Å². The van der Waals surface area contributed by atoms with E-state index in [4.69, 9.17) is 4.74 Å². The highest BCUT2D eigenvalue weighted by atomic mass is 79.9. The van der Waals surface area contributed by atoms with Crippen LogP contribution in [0.4, 0.5) is 13.8 Å². The molecular formula is C20H24BrF2N3O3S. The minimum atomic E-state index is -2.74. The van der Waals surface area contributed by atoms with Crippen LogP contribution in [0.5, 0.6) is 0 Å². The normalized spacial score (nSPS) is 14.5. The largest absolute Gasteiger partial charge is 0.459 e. The zero-order chi connectivity index (χ0) is 22.0. The summed E-state index contributed by atoms with van der Waals surface area (Å²) in [5.74, 6) is -0.873. The minimum absolute atomic E-state index is 0.190. The lowest BCUT2D eigenvalue weighted by atomic mass is 9.95. The number of rotatable bonds is 7. The van der Waals surface area contributed by atoms with Gasteiger partial charge in [0.05, 0.1) is 21.8 Å². The van der Waals surface area contributed by atoms with E-state index < -0.39 is 24.0 Å². The molecule has 1 aliphatic carbocycles. The number of halogens is 3. The van der Waals surface area contributed by atoms with Crippen LogP contribution in [-0.2, 0) is 28.9 Å².